The predicted octanol–water partition coefficient (Wildman–Crippen LogP) is 4.57. The van der Waals surface area contributed by atoms with Crippen LogP contribution in [-0.4, -0.2) is 16.8 Å². The van der Waals surface area contributed by atoms with Crippen molar-refractivity contribution in [3.63, 3.8) is 0 Å². The Balaban J connectivity index is 1.89. The maximum absolute atomic E-state index is 14.1. The quantitative estimate of drug-likeness (QED) is 0.827. The average molecular weight is 330 g/mol. The van der Waals surface area contributed by atoms with Gasteiger partial charge in [-0.2, -0.15) is 5.10 Å². The molecule has 1 saturated carbocycles. The summed E-state index contributed by atoms with van der Waals surface area (Å²) in [5.74, 6) is -0.972. The fourth-order valence-corrected chi connectivity index (χ4v) is 4.70. The molecule has 2 aliphatic rings. The highest BCUT2D eigenvalue weighted by Crippen LogP contribution is 2.67. The number of hydrogen-bond acceptors (Lipinski definition) is 3. The zero-order chi connectivity index (χ0) is 17.1. The van der Waals surface area contributed by atoms with Crippen LogP contribution in [0, 0.1) is 17.0 Å². The first-order chi connectivity index (χ1) is 11.4. The number of fused-ring (bicyclic) bond motifs is 5. The molecule has 0 spiro atoms. The number of rotatable bonds is 3. The Morgan fingerprint density at radius 3 is 2.58 bits per heavy atom. The Morgan fingerprint density at radius 1 is 1.21 bits per heavy atom. The van der Waals surface area contributed by atoms with E-state index in [1.54, 1.807) is 6.07 Å². The van der Waals surface area contributed by atoms with Crippen LogP contribution in [0.4, 0.5) is 8.78 Å². The van der Waals surface area contributed by atoms with Crippen LogP contribution >= 0.6 is 0 Å². The molecule has 1 aromatic heterocycles. The first-order valence-electron chi connectivity index (χ1n) is 8.39. The number of benzene rings is 1. The molecule has 0 amide bonds. The van der Waals surface area contributed by atoms with Crippen LogP contribution in [0.3, 0.4) is 0 Å². The summed E-state index contributed by atoms with van der Waals surface area (Å²) in [7, 11) is 0. The Kier molecular flexibility index (Phi) is 3.29. The van der Waals surface area contributed by atoms with Gasteiger partial charge in [0.2, 0.25) is 0 Å². The van der Waals surface area contributed by atoms with Crippen molar-refractivity contribution in [3.05, 3.63) is 47.2 Å². The van der Waals surface area contributed by atoms with Crippen LogP contribution in [0.2, 0.25) is 0 Å². The smallest absolute Gasteiger partial charge is 0.135 e. The normalized spacial score (nSPS) is 26.6. The van der Waals surface area contributed by atoms with Crippen LogP contribution in [-0.2, 0) is 10.3 Å². The molecular formula is C19H20F2N2O. The third-order valence-electron chi connectivity index (χ3n) is 5.89. The topological polar surface area (TPSA) is 35.0 Å². The van der Waals surface area contributed by atoms with Gasteiger partial charge in [0.1, 0.15) is 17.2 Å². The molecule has 4 rings (SSSR count). The zero-order valence-corrected chi connectivity index (χ0v) is 14.1. The van der Waals surface area contributed by atoms with E-state index >= 15 is 0 Å². The Bertz CT molecular complexity index is 801. The third kappa shape index (κ3) is 1.79. The van der Waals surface area contributed by atoms with Gasteiger partial charge in [0.05, 0.1) is 17.0 Å². The van der Waals surface area contributed by atoms with Crippen molar-refractivity contribution in [2.24, 2.45) is 5.41 Å². The molecule has 0 unspecified atom stereocenters. The van der Waals surface area contributed by atoms with E-state index < -0.39 is 17.2 Å². The van der Waals surface area contributed by atoms with E-state index in [1.807, 2.05) is 6.92 Å². The van der Waals surface area contributed by atoms with E-state index in [4.69, 9.17) is 4.74 Å². The van der Waals surface area contributed by atoms with E-state index in [1.165, 1.54) is 18.2 Å². The van der Waals surface area contributed by atoms with E-state index in [9.17, 15) is 8.78 Å². The van der Waals surface area contributed by atoms with Crippen molar-refractivity contribution in [2.75, 3.05) is 6.61 Å². The van der Waals surface area contributed by atoms with Gasteiger partial charge in [-0.1, -0.05) is 19.9 Å². The highest BCUT2D eigenvalue weighted by molar-refractivity contribution is 5.62. The third-order valence-corrected chi connectivity index (χ3v) is 5.89. The van der Waals surface area contributed by atoms with Gasteiger partial charge >= 0.3 is 0 Å². The lowest BCUT2D eigenvalue weighted by Gasteiger charge is -2.37. The Labute approximate surface area is 140 Å². The molecule has 1 heterocycles. The van der Waals surface area contributed by atoms with Gasteiger partial charge in [-0.25, -0.2) is 8.78 Å². The molecular weight excluding hydrogens is 310 g/mol. The Morgan fingerprint density at radius 2 is 1.92 bits per heavy atom. The summed E-state index contributed by atoms with van der Waals surface area (Å²) in [5.41, 5.74) is 1.45. The largest absolute Gasteiger partial charge is 0.368 e. The summed E-state index contributed by atoms with van der Waals surface area (Å²) < 4.78 is 34.3. The van der Waals surface area contributed by atoms with Crippen LogP contribution in [0.25, 0.3) is 11.3 Å². The highest BCUT2D eigenvalue weighted by Gasteiger charge is 2.64. The van der Waals surface area contributed by atoms with Gasteiger partial charge in [-0.05, 0) is 49.4 Å². The fraction of sp³-hybridized carbons (Fsp3) is 0.474. The van der Waals surface area contributed by atoms with Crippen molar-refractivity contribution in [2.45, 2.75) is 45.1 Å². The zero-order valence-electron chi connectivity index (χ0n) is 14.1. The van der Waals surface area contributed by atoms with Gasteiger partial charge in [0, 0.05) is 12.0 Å². The molecule has 2 bridgehead atoms. The molecule has 0 N–H and O–H groups in total. The fourth-order valence-electron chi connectivity index (χ4n) is 4.70. The molecule has 0 radical (unpaired) electrons. The van der Waals surface area contributed by atoms with Gasteiger partial charge in [0.25, 0.3) is 0 Å². The van der Waals surface area contributed by atoms with Crippen molar-refractivity contribution in [1.29, 1.82) is 0 Å². The summed E-state index contributed by atoms with van der Waals surface area (Å²) in [5, 5.41) is 8.52. The summed E-state index contributed by atoms with van der Waals surface area (Å²) in [6.45, 7) is 6.95. The van der Waals surface area contributed by atoms with Crippen LogP contribution in [0.15, 0.2) is 24.3 Å². The first-order valence-corrected chi connectivity index (χ1v) is 8.39. The minimum absolute atomic E-state index is 0.105. The lowest BCUT2D eigenvalue weighted by Crippen LogP contribution is -2.38. The number of aromatic nitrogens is 2. The summed E-state index contributed by atoms with van der Waals surface area (Å²) in [6, 6.07) is 5.64. The number of halogens is 2. The molecule has 1 fully saturated rings. The van der Waals surface area contributed by atoms with Crippen LogP contribution in [0.5, 0.6) is 0 Å². The molecule has 2 aromatic rings. The van der Waals surface area contributed by atoms with E-state index in [0.717, 1.165) is 24.1 Å². The summed E-state index contributed by atoms with van der Waals surface area (Å²) in [6.07, 6.45) is 1.90. The molecule has 5 heteroatoms. The molecule has 2 atom stereocenters. The molecule has 24 heavy (non-hydrogen) atoms. The maximum atomic E-state index is 14.1. The maximum Gasteiger partial charge on any atom is 0.135 e. The number of ether oxygens (including phenoxy) is 1. The second-order valence-electron chi connectivity index (χ2n) is 7.20. The summed E-state index contributed by atoms with van der Waals surface area (Å²) in [4.78, 5) is 0. The van der Waals surface area contributed by atoms with E-state index in [-0.39, 0.29) is 22.6 Å². The molecule has 1 aromatic carbocycles. The van der Waals surface area contributed by atoms with E-state index in [0.29, 0.717) is 6.61 Å². The molecule has 0 aliphatic heterocycles. The predicted molar refractivity (Wildman–Crippen MR) is 86.4 cm³/mol. The standard InChI is InChI=1S/C19H20F2N2O/c1-4-24-19-9-8-12(18(19,2)3)11-10-15(22-23-17(11)19)16-13(20)6-5-7-14(16)21/h5-7,10,12H,4,8-9H2,1-3H3/t12-,19-/m0/s1. The molecule has 3 nitrogen and oxygen atoms in total. The van der Waals surface area contributed by atoms with Crippen molar-refractivity contribution in [3.8, 4) is 11.3 Å². The lowest BCUT2D eigenvalue weighted by molar-refractivity contribution is -0.105. The van der Waals surface area contributed by atoms with Gasteiger partial charge < -0.3 is 4.74 Å². The van der Waals surface area contributed by atoms with Gasteiger partial charge in [-0.3, -0.25) is 0 Å². The number of hydrogen-bond donors (Lipinski definition) is 0. The first kappa shape index (κ1) is 15.6. The summed E-state index contributed by atoms with van der Waals surface area (Å²) >= 11 is 0. The van der Waals surface area contributed by atoms with Crippen LogP contribution < -0.4 is 0 Å². The highest BCUT2D eigenvalue weighted by atomic mass is 19.1. The minimum atomic E-state index is -0.619. The van der Waals surface area contributed by atoms with Gasteiger partial charge in [-0.15, -0.1) is 5.10 Å². The number of nitrogens with zero attached hydrogens (tertiary/aromatic N) is 2. The molecule has 0 saturated heterocycles. The van der Waals surface area contributed by atoms with Crippen molar-refractivity contribution < 1.29 is 13.5 Å². The second-order valence-corrected chi connectivity index (χ2v) is 7.20. The average Bonchev–Trinajstić information content (AvgIpc) is 2.89. The monoisotopic (exact) mass is 330 g/mol. The molecule has 2 aliphatic carbocycles. The van der Waals surface area contributed by atoms with Crippen molar-refractivity contribution in [1.82, 2.24) is 10.2 Å². The molecule has 126 valence electrons. The Hall–Kier alpha value is -1.88. The lowest BCUT2D eigenvalue weighted by atomic mass is 9.77. The second kappa shape index (κ2) is 5.06. The van der Waals surface area contributed by atoms with Crippen molar-refractivity contribution >= 4 is 0 Å². The van der Waals surface area contributed by atoms with Crippen LogP contribution in [0.1, 0.15) is 50.8 Å². The SMILES string of the molecule is CCO[C@@]12CC[C@@H](c3cc(-c4c(F)cccc4F)nnc31)C2(C)C. The van der Waals surface area contributed by atoms with E-state index in [2.05, 4.69) is 24.0 Å². The minimum Gasteiger partial charge on any atom is -0.368 e. The van der Waals surface area contributed by atoms with Gasteiger partial charge in [0.15, 0.2) is 0 Å².